The van der Waals surface area contributed by atoms with Crippen molar-refractivity contribution in [2.45, 2.75) is 12.8 Å². The van der Waals surface area contributed by atoms with Gasteiger partial charge in [-0.3, -0.25) is 9.78 Å². The molecule has 110 valence electrons. The van der Waals surface area contributed by atoms with E-state index in [1.54, 1.807) is 17.5 Å². The average Bonchev–Trinajstić information content (AvgIpc) is 3.01. The first-order valence-electron chi connectivity index (χ1n) is 6.88. The van der Waals surface area contributed by atoms with E-state index in [-0.39, 0.29) is 11.8 Å². The number of thiophene rings is 1. The van der Waals surface area contributed by atoms with E-state index in [2.05, 4.69) is 16.0 Å². The van der Waals surface area contributed by atoms with Gasteiger partial charge in [0.2, 0.25) is 5.91 Å². The third-order valence-corrected chi connectivity index (χ3v) is 5.05. The minimum Gasteiger partial charge on any atom is -0.370 e. The lowest BCUT2D eigenvalue weighted by atomic mass is 9.95. The van der Waals surface area contributed by atoms with Crippen molar-refractivity contribution in [2.75, 3.05) is 18.0 Å². The molecule has 3 rings (SSSR count). The predicted octanol–water partition coefficient (Wildman–Crippen LogP) is 3.17. The Hall–Kier alpha value is -1.59. The Labute approximate surface area is 132 Å². The summed E-state index contributed by atoms with van der Waals surface area (Å²) in [6.45, 7) is 1.57. The number of piperidine rings is 1. The minimum absolute atomic E-state index is 0.0212. The van der Waals surface area contributed by atoms with Crippen molar-refractivity contribution in [2.24, 2.45) is 11.7 Å². The van der Waals surface area contributed by atoms with Crippen LogP contribution in [0, 0.1) is 5.92 Å². The van der Waals surface area contributed by atoms with E-state index < -0.39 is 0 Å². The number of carbonyl (C=O) groups excluding carboxylic acids is 1. The van der Waals surface area contributed by atoms with E-state index in [0.29, 0.717) is 5.02 Å². The Bertz CT molecular complexity index is 636. The second-order valence-corrected chi connectivity index (χ2v) is 6.51. The molecule has 1 amide bonds. The van der Waals surface area contributed by atoms with Crippen LogP contribution in [0.25, 0.3) is 10.4 Å². The molecule has 0 saturated carbocycles. The van der Waals surface area contributed by atoms with Gasteiger partial charge in [0.15, 0.2) is 0 Å². The number of carbonyl (C=O) groups is 1. The van der Waals surface area contributed by atoms with Gasteiger partial charge in [-0.2, -0.15) is 0 Å². The summed E-state index contributed by atoms with van der Waals surface area (Å²) in [7, 11) is 0. The fourth-order valence-corrected chi connectivity index (χ4v) is 3.76. The number of amides is 1. The standard InChI is InChI=1S/C15H16ClN3OS/c16-12-9-18-8-11(13-2-1-7-21-13)14(12)19-5-3-10(4-6-19)15(17)20/h1-2,7-10H,3-6H2,(H2,17,20). The molecule has 2 aromatic rings. The number of nitrogens with two attached hydrogens (primary N) is 1. The maximum absolute atomic E-state index is 11.3. The summed E-state index contributed by atoms with van der Waals surface area (Å²) in [5.74, 6) is -0.221. The van der Waals surface area contributed by atoms with Crippen LogP contribution >= 0.6 is 22.9 Å². The van der Waals surface area contributed by atoms with Gasteiger partial charge in [0, 0.05) is 41.8 Å². The molecule has 2 N–H and O–H groups in total. The Morgan fingerprint density at radius 3 is 2.76 bits per heavy atom. The topological polar surface area (TPSA) is 59.2 Å². The van der Waals surface area contributed by atoms with Crippen LogP contribution in [-0.2, 0) is 4.79 Å². The zero-order chi connectivity index (χ0) is 14.8. The van der Waals surface area contributed by atoms with E-state index in [0.717, 1.165) is 42.1 Å². The molecule has 1 aliphatic rings. The fourth-order valence-electron chi connectivity index (χ4n) is 2.75. The molecule has 0 aliphatic carbocycles. The van der Waals surface area contributed by atoms with Crippen LogP contribution in [0.1, 0.15) is 12.8 Å². The number of rotatable bonds is 3. The highest BCUT2D eigenvalue weighted by Crippen LogP contribution is 2.39. The average molecular weight is 322 g/mol. The third kappa shape index (κ3) is 2.89. The van der Waals surface area contributed by atoms with Crippen LogP contribution in [0.2, 0.25) is 5.02 Å². The molecule has 6 heteroatoms. The van der Waals surface area contributed by atoms with E-state index in [1.165, 1.54) is 0 Å². The van der Waals surface area contributed by atoms with Crippen LogP contribution in [0.3, 0.4) is 0 Å². The van der Waals surface area contributed by atoms with E-state index in [4.69, 9.17) is 17.3 Å². The quantitative estimate of drug-likeness (QED) is 0.944. The number of anilines is 1. The van der Waals surface area contributed by atoms with Crippen molar-refractivity contribution >= 4 is 34.5 Å². The lowest BCUT2D eigenvalue weighted by Gasteiger charge is -2.34. The van der Waals surface area contributed by atoms with Gasteiger partial charge in [0.1, 0.15) is 0 Å². The number of nitrogens with zero attached hydrogens (tertiary/aromatic N) is 2. The van der Waals surface area contributed by atoms with Gasteiger partial charge >= 0.3 is 0 Å². The van der Waals surface area contributed by atoms with E-state index in [1.807, 2.05) is 17.6 Å². The van der Waals surface area contributed by atoms with Crippen LogP contribution in [0.15, 0.2) is 29.9 Å². The van der Waals surface area contributed by atoms with Gasteiger partial charge in [-0.05, 0) is 24.3 Å². The normalized spacial score (nSPS) is 16.1. The van der Waals surface area contributed by atoms with Crippen LogP contribution in [-0.4, -0.2) is 24.0 Å². The highest BCUT2D eigenvalue weighted by atomic mass is 35.5. The molecule has 1 fully saturated rings. The zero-order valence-corrected chi connectivity index (χ0v) is 13.0. The first-order valence-corrected chi connectivity index (χ1v) is 8.14. The van der Waals surface area contributed by atoms with E-state index in [9.17, 15) is 4.79 Å². The number of hydrogen-bond acceptors (Lipinski definition) is 4. The molecule has 1 saturated heterocycles. The van der Waals surface area contributed by atoms with Crippen molar-refractivity contribution in [3.63, 3.8) is 0 Å². The Morgan fingerprint density at radius 2 is 2.14 bits per heavy atom. The third-order valence-electron chi connectivity index (χ3n) is 3.87. The minimum atomic E-state index is -0.200. The molecule has 0 spiro atoms. The summed E-state index contributed by atoms with van der Waals surface area (Å²) in [6, 6.07) is 4.08. The second kappa shape index (κ2) is 6.03. The number of hydrogen-bond donors (Lipinski definition) is 1. The van der Waals surface area contributed by atoms with Crippen molar-refractivity contribution in [3.05, 3.63) is 34.9 Å². The molecule has 0 radical (unpaired) electrons. The number of primary amides is 1. The number of aromatic nitrogens is 1. The first kappa shape index (κ1) is 14.4. The van der Waals surface area contributed by atoms with Gasteiger partial charge < -0.3 is 10.6 Å². The van der Waals surface area contributed by atoms with Gasteiger partial charge in [-0.1, -0.05) is 17.7 Å². The largest absolute Gasteiger partial charge is 0.370 e. The molecule has 1 aliphatic heterocycles. The Balaban J connectivity index is 1.91. The van der Waals surface area contributed by atoms with Crippen molar-refractivity contribution < 1.29 is 4.79 Å². The Kier molecular flexibility index (Phi) is 4.12. The molecule has 0 unspecified atom stereocenters. The summed E-state index contributed by atoms with van der Waals surface area (Å²) >= 11 is 8.06. The molecular weight excluding hydrogens is 306 g/mol. The monoisotopic (exact) mass is 321 g/mol. The molecule has 0 atom stereocenters. The smallest absolute Gasteiger partial charge is 0.220 e. The molecule has 0 aromatic carbocycles. The van der Waals surface area contributed by atoms with E-state index >= 15 is 0 Å². The van der Waals surface area contributed by atoms with Crippen LogP contribution in [0.4, 0.5) is 5.69 Å². The predicted molar refractivity (Wildman–Crippen MR) is 86.7 cm³/mol. The molecule has 0 bridgehead atoms. The van der Waals surface area contributed by atoms with Gasteiger partial charge in [-0.25, -0.2) is 0 Å². The lowest BCUT2D eigenvalue weighted by Crippen LogP contribution is -2.38. The SMILES string of the molecule is NC(=O)C1CCN(c2c(Cl)cncc2-c2cccs2)CC1. The zero-order valence-electron chi connectivity index (χ0n) is 11.5. The lowest BCUT2D eigenvalue weighted by molar-refractivity contribution is -0.122. The van der Waals surface area contributed by atoms with Gasteiger partial charge in [0.25, 0.3) is 0 Å². The maximum Gasteiger partial charge on any atom is 0.220 e. The molecule has 2 aromatic heterocycles. The van der Waals surface area contributed by atoms with Crippen LogP contribution in [0.5, 0.6) is 0 Å². The number of pyridine rings is 1. The second-order valence-electron chi connectivity index (χ2n) is 5.16. The van der Waals surface area contributed by atoms with Crippen molar-refractivity contribution in [3.8, 4) is 10.4 Å². The van der Waals surface area contributed by atoms with Crippen LogP contribution < -0.4 is 10.6 Å². The van der Waals surface area contributed by atoms with Gasteiger partial charge in [-0.15, -0.1) is 11.3 Å². The Morgan fingerprint density at radius 1 is 1.38 bits per heavy atom. The molecule has 4 nitrogen and oxygen atoms in total. The fraction of sp³-hybridized carbons (Fsp3) is 0.333. The highest BCUT2D eigenvalue weighted by molar-refractivity contribution is 7.13. The molecule has 3 heterocycles. The summed E-state index contributed by atoms with van der Waals surface area (Å²) in [4.78, 5) is 18.9. The number of halogens is 1. The summed E-state index contributed by atoms with van der Waals surface area (Å²) < 4.78 is 0. The van der Waals surface area contributed by atoms with Gasteiger partial charge in [0.05, 0.1) is 10.7 Å². The first-order chi connectivity index (χ1) is 10.2. The summed E-state index contributed by atoms with van der Waals surface area (Å²) in [5, 5.41) is 2.69. The van der Waals surface area contributed by atoms with Crippen molar-refractivity contribution in [1.82, 2.24) is 4.98 Å². The van der Waals surface area contributed by atoms with Crippen molar-refractivity contribution in [1.29, 1.82) is 0 Å². The molecular formula is C15H16ClN3OS. The maximum atomic E-state index is 11.3. The summed E-state index contributed by atoms with van der Waals surface area (Å²) in [5.41, 5.74) is 7.46. The summed E-state index contributed by atoms with van der Waals surface area (Å²) in [6.07, 6.45) is 5.08. The highest BCUT2D eigenvalue weighted by Gasteiger charge is 2.26. The molecule has 21 heavy (non-hydrogen) atoms.